The number of carbonyl (C=O) groups excluding carboxylic acids is 1. The first kappa shape index (κ1) is 21.8. The molecule has 0 bridgehead atoms. The number of likely N-dealkylation sites (tertiary alicyclic amines) is 1. The standard InChI is InChI=1S/C20H31NO3.ClH/c1-14(2)24-18-12-15(3)19(16(4)13-18)20(22)23-11-7-10-21-9-6-8-17(21)5;/h12-14,17H,6-11H2,1-5H3;1H. The number of benzene rings is 1. The summed E-state index contributed by atoms with van der Waals surface area (Å²) in [6.07, 6.45) is 3.57. The van der Waals surface area contributed by atoms with E-state index in [4.69, 9.17) is 9.47 Å². The van der Waals surface area contributed by atoms with Crippen molar-refractivity contribution in [2.45, 2.75) is 66.0 Å². The number of ether oxygens (including phenoxy) is 2. The molecule has 1 unspecified atom stereocenters. The maximum atomic E-state index is 12.4. The fourth-order valence-corrected chi connectivity index (χ4v) is 3.42. The van der Waals surface area contributed by atoms with Crippen molar-refractivity contribution >= 4 is 18.4 Å². The van der Waals surface area contributed by atoms with Crippen molar-refractivity contribution in [3.63, 3.8) is 0 Å². The molecule has 1 saturated heterocycles. The van der Waals surface area contributed by atoms with E-state index in [2.05, 4.69) is 11.8 Å². The monoisotopic (exact) mass is 369 g/mol. The van der Waals surface area contributed by atoms with Gasteiger partial charge in [-0.25, -0.2) is 4.79 Å². The third-order valence-electron chi connectivity index (χ3n) is 4.60. The van der Waals surface area contributed by atoms with Gasteiger partial charge in [0.15, 0.2) is 0 Å². The lowest BCUT2D eigenvalue weighted by Crippen LogP contribution is -2.28. The van der Waals surface area contributed by atoms with Crippen molar-refractivity contribution in [3.8, 4) is 5.75 Å². The number of hydrogen-bond acceptors (Lipinski definition) is 4. The van der Waals surface area contributed by atoms with Crippen LogP contribution in [0.4, 0.5) is 0 Å². The average Bonchev–Trinajstić information content (AvgIpc) is 2.87. The molecule has 1 heterocycles. The highest BCUT2D eigenvalue weighted by molar-refractivity contribution is 5.93. The number of aryl methyl sites for hydroxylation is 2. The van der Waals surface area contributed by atoms with Gasteiger partial charge in [0.05, 0.1) is 18.3 Å². The molecule has 1 aliphatic rings. The van der Waals surface area contributed by atoms with Gasteiger partial charge in [0.1, 0.15) is 5.75 Å². The normalized spacial score (nSPS) is 17.4. The van der Waals surface area contributed by atoms with E-state index in [1.807, 2.05) is 39.8 Å². The van der Waals surface area contributed by atoms with Crippen molar-refractivity contribution in [3.05, 3.63) is 28.8 Å². The summed E-state index contributed by atoms with van der Waals surface area (Å²) in [5.74, 6) is 0.579. The van der Waals surface area contributed by atoms with E-state index in [1.165, 1.54) is 19.4 Å². The van der Waals surface area contributed by atoms with Crippen molar-refractivity contribution in [2.75, 3.05) is 19.7 Å². The Bertz CT molecular complexity index is 551. The van der Waals surface area contributed by atoms with Crippen LogP contribution in [0, 0.1) is 13.8 Å². The molecule has 1 fully saturated rings. The average molecular weight is 370 g/mol. The van der Waals surface area contributed by atoms with Gasteiger partial charge in [-0.05, 0) is 83.7 Å². The summed E-state index contributed by atoms with van der Waals surface area (Å²) in [7, 11) is 0. The summed E-state index contributed by atoms with van der Waals surface area (Å²) in [6, 6.07) is 4.49. The van der Waals surface area contributed by atoms with Crippen LogP contribution >= 0.6 is 12.4 Å². The molecule has 25 heavy (non-hydrogen) atoms. The van der Waals surface area contributed by atoms with E-state index >= 15 is 0 Å². The van der Waals surface area contributed by atoms with Gasteiger partial charge in [-0.15, -0.1) is 12.4 Å². The Hall–Kier alpha value is -1.26. The van der Waals surface area contributed by atoms with Crippen molar-refractivity contribution < 1.29 is 14.3 Å². The molecular formula is C20H32ClNO3. The van der Waals surface area contributed by atoms with E-state index in [0.717, 1.165) is 29.8 Å². The van der Waals surface area contributed by atoms with E-state index in [1.54, 1.807) is 0 Å². The van der Waals surface area contributed by atoms with Crippen LogP contribution < -0.4 is 4.74 Å². The Morgan fingerprint density at radius 1 is 1.28 bits per heavy atom. The maximum Gasteiger partial charge on any atom is 0.338 e. The Morgan fingerprint density at radius 2 is 1.92 bits per heavy atom. The molecule has 1 aliphatic heterocycles. The zero-order valence-corrected chi connectivity index (χ0v) is 16.9. The van der Waals surface area contributed by atoms with Crippen molar-refractivity contribution in [2.24, 2.45) is 0 Å². The van der Waals surface area contributed by atoms with Gasteiger partial charge in [0.25, 0.3) is 0 Å². The van der Waals surface area contributed by atoms with E-state index in [9.17, 15) is 4.79 Å². The topological polar surface area (TPSA) is 38.8 Å². The van der Waals surface area contributed by atoms with Crippen molar-refractivity contribution in [1.29, 1.82) is 0 Å². The molecule has 0 radical (unpaired) electrons. The Kier molecular flexibility index (Phi) is 8.74. The highest BCUT2D eigenvalue weighted by Crippen LogP contribution is 2.23. The molecule has 5 heteroatoms. The number of esters is 1. The number of rotatable bonds is 7. The number of halogens is 1. The predicted molar refractivity (Wildman–Crippen MR) is 104 cm³/mol. The molecule has 1 aromatic rings. The summed E-state index contributed by atoms with van der Waals surface area (Å²) in [5.41, 5.74) is 2.48. The molecule has 0 aromatic heterocycles. The summed E-state index contributed by atoms with van der Waals surface area (Å²) in [6.45, 7) is 12.8. The van der Waals surface area contributed by atoms with Crippen LogP contribution in [0.5, 0.6) is 5.75 Å². The van der Waals surface area contributed by atoms with Crippen LogP contribution in [-0.4, -0.2) is 42.7 Å². The number of carbonyl (C=O) groups is 1. The lowest BCUT2D eigenvalue weighted by molar-refractivity contribution is 0.0485. The largest absolute Gasteiger partial charge is 0.491 e. The molecule has 4 nitrogen and oxygen atoms in total. The van der Waals surface area contributed by atoms with E-state index in [0.29, 0.717) is 18.2 Å². The predicted octanol–water partition coefficient (Wildman–Crippen LogP) is 4.54. The van der Waals surface area contributed by atoms with Gasteiger partial charge in [-0.3, -0.25) is 0 Å². The first-order chi connectivity index (χ1) is 11.4. The van der Waals surface area contributed by atoms with Gasteiger partial charge >= 0.3 is 5.97 Å². The molecular weight excluding hydrogens is 338 g/mol. The van der Waals surface area contributed by atoms with Gasteiger partial charge < -0.3 is 14.4 Å². The SMILES string of the molecule is Cc1cc(OC(C)C)cc(C)c1C(=O)OCCCN1CCCC1C.Cl. The molecule has 0 aliphatic carbocycles. The Balaban J connectivity index is 0.00000312. The van der Waals surface area contributed by atoms with Crippen LogP contribution in [0.2, 0.25) is 0 Å². The molecule has 2 rings (SSSR count). The highest BCUT2D eigenvalue weighted by Gasteiger charge is 2.20. The highest BCUT2D eigenvalue weighted by atomic mass is 35.5. The first-order valence-corrected chi connectivity index (χ1v) is 9.07. The van der Waals surface area contributed by atoms with Crippen LogP contribution in [-0.2, 0) is 4.74 Å². The molecule has 1 aromatic carbocycles. The van der Waals surface area contributed by atoms with E-state index < -0.39 is 0 Å². The zero-order chi connectivity index (χ0) is 17.7. The molecule has 0 saturated carbocycles. The molecule has 1 atom stereocenters. The second-order valence-corrected chi connectivity index (χ2v) is 7.12. The minimum absolute atomic E-state index is 0. The van der Waals surface area contributed by atoms with Gasteiger partial charge in [-0.1, -0.05) is 0 Å². The van der Waals surface area contributed by atoms with Crippen LogP contribution in [0.25, 0.3) is 0 Å². The zero-order valence-electron chi connectivity index (χ0n) is 16.1. The van der Waals surface area contributed by atoms with Crippen LogP contribution in [0.3, 0.4) is 0 Å². The lowest BCUT2D eigenvalue weighted by atomic mass is 10.0. The van der Waals surface area contributed by atoms with Crippen LogP contribution in [0.15, 0.2) is 12.1 Å². The lowest BCUT2D eigenvalue weighted by Gasteiger charge is -2.20. The minimum atomic E-state index is -0.226. The second-order valence-electron chi connectivity index (χ2n) is 7.12. The second kappa shape index (κ2) is 10.0. The van der Waals surface area contributed by atoms with Gasteiger partial charge in [-0.2, -0.15) is 0 Å². The minimum Gasteiger partial charge on any atom is -0.491 e. The first-order valence-electron chi connectivity index (χ1n) is 9.07. The molecule has 0 amide bonds. The Morgan fingerprint density at radius 3 is 2.44 bits per heavy atom. The number of nitrogens with zero attached hydrogens (tertiary/aromatic N) is 1. The maximum absolute atomic E-state index is 12.4. The fraction of sp³-hybridized carbons (Fsp3) is 0.650. The summed E-state index contributed by atoms with van der Waals surface area (Å²) < 4.78 is 11.2. The summed E-state index contributed by atoms with van der Waals surface area (Å²) in [4.78, 5) is 14.9. The third-order valence-corrected chi connectivity index (χ3v) is 4.60. The van der Waals surface area contributed by atoms with Gasteiger partial charge in [0.2, 0.25) is 0 Å². The molecule has 0 N–H and O–H groups in total. The fourth-order valence-electron chi connectivity index (χ4n) is 3.42. The van der Waals surface area contributed by atoms with Gasteiger partial charge in [0, 0.05) is 12.6 Å². The van der Waals surface area contributed by atoms with Crippen LogP contribution in [0.1, 0.15) is 61.5 Å². The Labute approximate surface area is 158 Å². The number of hydrogen-bond donors (Lipinski definition) is 0. The van der Waals surface area contributed by atoms with Crippen molar-refractivity contribution in [1.82, 2.24) is 4.90 Å². The summed E-state index contributed by atoms with van der Waals surface area (Å²) >= 11 is 0. The smallest absolute Gasteiger partial charge is 0.338 e. The summed E-state index contributed by atoms with van der Waals surface area (Å²) in [5, 5.41) is 0. The molecule has 0 spiro atoms. The quantitative estimate of drug-likeness (QED) is 0.522. The van der Waals surface area contributed by atoms with E-state index in [-0.39, 0.29) is 24.5 Å². The molecule has 142 valence electrons. The third kappa shape index (κ3) is 6.19.